The van der Waals surface area contributed by atoms with Crippen LogP contribution in [0, 0.1) is 5.41 Å². The SMILES string of the molecule is CC(C)(C)CCS(=O)(=O)NCC(F)(F)CN. The summed E-state index contributed by atoms with van der Waals surface area (Å²) < 4.78 is 50.0. The molecule has 7 heteroatoms. The summed E-state index contributed by atoms with van der Waals surface area (Å²) in [4.78, 5) is 0. The van der Waals surface area contributed by atoms with Gasteiger partial charge in [-0.05, 0) is 11.8 Å². The lowest BCUT2D eigenvalue weighted by atomic mass is 9.94. The second kappa shape index (κ2) is 5.37. The Kier molecular flexibility index (Phi) is 5.28. The van der Waals surface area contributed by atoms with Gasteiger partial charge < -0.3 is 5.73 Å². The predicted molar refractivity (Wildman–Crippen MR) is 59.9 cm³/mol. The molecule has 0 fully saturated rings. The topological polar surface area (TPSA) is 72.2 Å². The van der Waals surface area contributed by atoms with Gasteiger partial charge in [0, 0.05) is 0 Å². The minimum absolute atomic E-state index is 0.148. The smallest absolute Gasteiger partial charge is 0.273 e. The summed E-state index contributed by atoms with van der Waals surface area (Å²) in [6, 6.07) is 0. The molecule has 0 saturated carbocycles. The van der Waals surface area contributed by atoms with E-state index in [0.717, 1.165) is 0 Å². The Balaban J connectivity index is 4.18. The van der Waals surface area contributed by atoms with Gasteiger partial charge >= 0.3 is 0 Å². The number of alkyl halides is 2. The summed E-state index contributed by atoms with van der Waals surface area (Å²) >= 11 is 0. The summed E-state index contributed by atoms with van der Waals surface area (Å²) in [5.74, 6) is -3.34. The molecule has 0 aromatic carbocycles. The molecular formula is C9H20F2N2O2S. The molecule has 0 saturated heterocycles. The van der Waals surface area contributed by atoms with E-state index in [1.54, 1.807) is 0 Å². The number of nitrogens with one attached hydrogen (secondary N) is 1. The average molecular weight is 258 g/mol. The van der Waals surface area contributed by atoms with Crippen LogP contribution in [0.15, 0.2) is 0 Å². The largest absolute Gasteiger partial charge is 0.325 e. The first-order valence-corrected chi connectivity index (χ1v) is 6.68. The van der Waals surface area contributed by atoms with Gasteiger partial charge in [-0.1, -0.05) is 20.8 Å². The number of halogens is 2. The average Bonchev–Trinajstić information content (AvgIpc) is 2.12. The summed E-state index contributed by atoms with van der Waals surface area (Å²) in [6.45, 7) is 3.86. The summed E-state index contributed by atoms with van der Waals surface area (Å²) in [5.41, 5.74) is 4.65. The molecule has 0 bridgehead atoms. The highest BCUT2D eigenvalue weighted by molar-refractivity contribution is 7.89. The third kappa shape index (κ3) is 7.95. The van der Waals surface area contributed by atoms with Gasteiger partial charge in [0.1, 0.15) is 0 Å². The van der Waals surface area contributed by atoms with Crippen molar-refractivity contribution in [2.45, 2.75) is 33.1 Å². The van der Waals surface area contributed by atoms with E-state index in [-0.39, 0.29) is 11.2 Å². The van der Waals surface area contributed by atoms with Crippen LogP contribution < -0.4 is 10.5 Å². The third-order valence-corrected chi connectivity index (χ3v) is 3.30. The van der Waals surface area contributed by atoms with E-state index in [1.807, 2.05) is 25.5 Å². The van der Waals surface area contributed by atoms with Crippen LogP contribution in [0.25, 0.3) is 0 Å². The van der Waals surface area contributed by atoms with Crippen molar-refractivity contribution < 1.29 is 17.2 Å². The van der Waals surface area contributed by atoms with Crippen LogP contribution in [0.3, 0.4) is 0 Å². The Morgan fingerprint density at radius 1 is 1.25 bits per heavy atom. The summed E-state index contributed by atoms with van der Waals surface area (Å²) in [7, 11) is -3.64. The maximum absolute atomic E-state index is 12.7. The molecule has 16 heavy (non-hydrogen) atoms. The lowest BCUT2D eigenvalue weighted by Gasteiger charge is -2.19. The van der Waals surface area contributed by atoms with Crippen molar-refractivity contribution in [3.8, 4) is 0 Å². The van der Waals surface area contributed by atoms with Gasteiger partial charge in [-0.2, -0.15) is 0 Å². The molecule has 98 valence electrons. The van der Waals surface area contributed by atoms with Crippen molar-refractivity contribution in [3.05, 3.63) is 0 Å². The zero-order chi connectivity index (χ0) is 13.0. The van der Waals surface area contributed by atoms with Crippen molar-refractivity contribution in [1.82, 2.24) is 4.72 Å². The van der Waals surface area contributed by atoms with Crippen LogP contribution in [-0.2, 0) is 10.0 Å². The van der Waals surface area contributed by atoms with Crippen molar-refractivity contribution in [2.24, 2.45) is 11.1 Å². The molecule has 0 aliphatic rings. The van der Waals surface area contributed by atoms with Gasteiger partial charge in [0.15, 0.2) is 0 Å². The normalized spacial score (nSPS) is 14.1. The number of hydrogen-bond acceptors (Lipinski definition) is 3. The molecule has 4 nitrogen and oxygen atoms in total. The third-order valence-electron chi connectivity index (χ3n) is 1.97. The van der Waals surface area contributed by atoms with Crippen LogP contribution in [0.2, 0.25) is 0 Å². The van der Waals surface area contributed by atoms with Crippen molar-refractivity contribution in [3.63, 3.8) is 0 Å². The van der Waals surface area contributed by atoms with Crippen molar-refractivity contribution in [1.29, 1.82) is 0 Å². The highest BCUT2D eigenvalue weighted by Crippen LogP contribution is 2.19. The molecule has 0 aliphatic heterocycles. The van der Waals surface area contributed by atoms with Crippen LogP contribution in [0.1, 0.15) is 27.2 Å². The maximum atomic E-state index is 12.7. The second-order valence-corrected chi connectivity index (χ2v) is 6.94. The zero-order valence-electron chi connectivity index (χ0n) is 9.89. The maximum Gasteiger partial charge on any atom is 0.273 e. The first-order valence-electron chi connectivity index (χ1n) is 5.03. The van der Waals surface area contributed by atoms with Gasteiger partial charge in [-0.15, -0.1) is 0 Å². The van der Waals surface area contributed by atoms with E-state index in [9.17, 15) is 17.2 Å². The van der Waals surface area contributed by atoms with Gasteiger partial charge in [0.25, 0.3) is 5.92 Å². The number of nitrogens with two attached hydrogens (primary N) is 1. The van der Waals surface area contributed by atoms with Gasteiger partial charge in [0.05, 0.1) is 18.8 Å². The minimum Gasteiger partial charge on any atom is -0.325 e. The highest BCUT2D eigenvalue weighted by Gasteiger charge is 2.29. The van der Waals surface area contributed by atoms with Gasteiger partial charge in [-0.3, -0.25) is 0 Å². The number of hydrogen-bond donors (Lipinski definition) is 2. The van der Waals surface area contributed by atoms with E-state index >= 15 is 0 Å². The Morgan fingerprint density at radius 2 is 1.75 bits per heavy atom. The van der Waals surface area contributed by atoms with Crippen LogP contribution in [0.5, 0.6) is 0 Å². The first kappa shape index (κ1) is 15.7. The van der Waals surface area contributed by atoms with E-state index < -0.39 is 29.0 Å². The summed E-state index contributed by atoms with van der Waals surface area (Å²) in [5, 5.41) is 0. The Hall–Kier alpha value is -0.270. The number of rotatable bonds is 6. The molecule has 0 aromatic heterocycles. The molecule has 0 aliphatic carbocycles. The Bertz CT molecular complexity index is 310. The lowest BCUT2D eigenvalue weighted by Crippen LogP contribution is -2.42. The number of sulfonamides is 1. The molecule has 0 heterocycles. The monoisotopic (exact) mass is 258 g/mol. The lowest BCUT2D eigenvalue weighted by molar-refractivity contribution is 0.0170. The first-order chi connectivity index (χ1) is 6.97. The molecular weight excluding hydrogens is 238 g/mol. The molecule has 0 amide bonds. The molecule has 0 unspecified atom stereocenters. The zero-order valence-corrected chi connectivity index (χ0v) is 10.7. The quantitative estimate of drug-likeness (QED) is 0.744. The van der Waals surface area contributed by atoms with Crippen molar-refractivity contribution in [2.75, 3.05) is 18.8 Å². The molecule has 0 aromatic rings. The predicted octanol–water partition coefficient (Wildman–Crippen LogP) is 0.936. The van der Waals surface area contributed by atoms with Crippen LogP contribution >= 0.6 is 0 Å². The Labute approximate surface area is 95.6 Å². The van der Waals surface area contributed by atoms with E-state index in [1.165, 1.54) is 0 Å². The highest BCUT2D eigenvalue weighted by atomic mass is 32.2. The van der Waals surface area contributed by atoms with E-state index in [0.29, 0.717) is 6.42 Å². The molecule has 0 atom stereocenters. The van der Waals surface area contributed by atoms with Crippen LogP contribution in [-0.4, -0.2) is 33.2 Å². The van der Waals surface area contributed by atoms with Crippen LogP contribution in [0.4, 0.5) is 8.78 Å². The van der Waals surface area contributed by atoms with E-state index in [2.05, 4.69) is 0 Å². The fraction of sp³-hybridized carbons (Fsp3) is 1.00. The van der Waals surface area contributed by atoms with Gasteiger partial charge in [-0.25, -0.2) is 21.9 Å². The summed E-state index contributed by atoms with van der Waals surface area (Å²) in [6.07, 6.45) is 0.413. The molecule has 0 radical (unpaired) electrons. The molecule has 0 rings (SSSR count). The standard InChI is InChI=1S/C9H20F2N2O2S/c1-8(2,3)4-5-16(14,15)13-7-9(10,11)6-12/h13H,4-7,12H2,1-3H3. The van der Waals surface area contributed by atoms with Gasteiger partial charge in [0.2, 0.25) is 10.0 Å². The molecule has 0 spiro atoms. The fourth-order valence-electron chi connectivity index (χ4n) is 0.800. The van der Waals surface area contributed by atoms with E-state index in [4.69, 9.17) is 5.73 Å². The Morgan fingerprint density at radius 3 is 2.12 bits per heavy atom. The second-order valence-electron chi connectivity index (χ2n) is 5.01. The van der Waals surface area contributed by atoms with Crippen molar-refractivity contribution >= 4 is 10.0 Å². The fourth-order valence-corrected chi connectivity index (χ4v) is 2.26. The molecule has 3 N–H and O–H groups in total. The minimum atomic E-state index is -3.64.